The largest absolute Gasteiger partial charge is 0.325 e. The second kappa shape index (κ2) is 8.62. The number of rotatable bonds is 7. The molecule has 134 valence electrons. The molecule has 0 aliphatic rings. The van der Waals surface area contributed by atoms with Gasteiger partial charge in [0.25, 0.3) is 0 Å². The predicted octanol–water partition coefficient (Wildman–Crippen LogP) is 3.65. The fourth-order valence-corrected chi connectivity index (χ4v) is 3.39. The molecule has 6 nitrogen and oxygen atoms in total. The number of benzene rings is 1. The van der Waals surface area contributed by atoms with Crippen LogP contribution in [0.25, 0.3) is 11.4 Å². The molecule has 0 saturated heterocycles. The van der Waals surface area contributed by atoms with Gasteiger partial charge in [-0.15, -0.1) is 10.2 Å². The highest BCUT2D eigenvalue weighted by atomic mass is 32.2. The van der Waals surface area contributed by atoms with E-state index in [2.05, 4.69) is 33.5 Å². The van der Waals surface area contributed by atoms with Crippen LogP contribution in [0.15, 0.2) is 53.9 Å². The van der Waals surface area contributed by atoms with E-state index in [-0.39, 0.29) is 11.7 Å². The van der Waals surface area contributed by atoms with Crippen LogP contribution in [0.3, 0.4) is 0 Å². The fourth-order valence-electron chi connectivity index (χ4n) is 2.59. The van der Waals surface area contributed by atoms with Gasteiger partial charge in [-0.25, -0.2) is 0 Å². The van der Waals surface area contributed by atoms with E-state index in [0.717, 1.165) is 35.2 Å². The summed E-state index contributed by atoms with van der Waals surface area (Å²) < 4.78 is 2.00. The summed E-state index contributed by atoms with van der Waals surface area (Å²) in [7, 11) is 0. The fraction of sp³-hybridized carbons (Fsp3) is 0.263. The summed E-state index contributed by atoms with van der Waals surface area (Å²) in [5, 5.41) is 12.2. The molecule has 26 heavy (non-hydrogen) atoms. The normalized spacial score (nSPS) is 10.7. The first-order valence-corrected chi connectivity index (χ1v) is 9.55. The van der Waals surface area contributed by atoms with Gasteiger partial charge in [-0.2, -0.15) is 0 Å². The maximum atomic E-state index is 12.3. The molecule has 1 amide bonds. The second-order valence-electron chi connectivity index (χ2n) is 5.68. The molecule has 0 radical (unpaired) electrons. The molecule has 1 aromatic carbocycles. The summed E-state index contributed by atoms with van der Waals surface area (Å²) >= 11 is 1.39. The van der Waals surface area contributed by atoms with E-state index in [1.54, 1.807) is 12.4 Å². The molecule has 7 heteroatoms. The van der Waals surface area contributed by atoms with Gasteiger partial charge in [0.2, 0.25) is 5.91 Å². The molecule has 1 N–H and O–H groups in total. The van der Waals surface area contributed by atoms with Gasteiger partial charge in [0.15, 0.2) is 11.0 Å². The Hall–Kier alpha value is -2.67. The molecular formula is C19H21N5OS. The number of aromatic nitrogens is 4. The van der Waals surface area contributed by atoms with Crippen LogP contribution in [0.1, 0.15) is 19.4 Å². The van der Waals surface area contributed by atoms with Crippen LogP contribution in [0.5, 0.6) is 0 Å². The molecule has 0 atom stereocenters. The smallest absolute Gasteiger partial charge is 0.234 e. The van der Waals surface area contributed by atoms with Gasteiger partial charge in [0, 0.05) is 30.2 Å². The standard InChI is InChI=1S/C19H21N5OS/c1-3-14-6-5-7-16(12-14)21-17(25)13-26-19-23-22-18(24(19)4-2)15-8-10-20-11-9-15/h5-12H,3-4,13H2,1-2H3,(H,21,25). The Balaban J connectivity index is 1.66. The Labute approximate surface area is 157 Å². The molecule has 0 unspecified atom stereocenters. The number of pyridine rings is 1. The molecule has 3 rings (SSSR count). The third kappa shape index (κ3) is 4.29. The highest BCUT2D eigenvalue weighted by molar-refractivity contribution is 7.99. The van der Waals surface area contributed by atoms with Gasteiger partial charge >= 0.3 is 0 Å². The van der Waals surface area contributed by atoms with Crippen molar-refractivity contribution in [2.45, 2.75) is 32.0 Å². The number of carbonyl (C=O) groups excluding carboxylic acids is 1. The first-order chi connectivity index (χ1) is 12.7. The molecular weight excluding hydrogens is 346 g/mol. The van der Waals surface area contributed by atoms with Crippen LogP contribution in [-0.4, -0.2) is 31.4 Å². The van der Waals surface area contributed by atoms with Crippen molar-refractivity contribution < 1.29 is 4.79 Å². The number of nitrogens with one attached hydrogen (secondary N) is 1. The van der Waals surface area contributed by atoms with Gasteiger partial charge < -0.3 is 9.88 Å². The van der Waals surface area contributed by atoms with Crippen molar-refractivity contribution in [1.29, 1.82) is 0 Å². The van der Waals surface area contributed by atoms with Crippen molar-refractivity contribution in [2.75, 3.05) is 11.1 Å². The summed E-state index contributed by atoms with van der Waals surface area (Å²) in [6.07, 6.45) is 4.40. The first kappa shape index (κ1) is 18.1. The van der Waals surface area contributed by atoms with Gasteiger partial charge in [0.1, 0.15) is 0 Å². The number of amides is 1. The SMILES string of the molecule is CCc1cccc(NC(=O)CSc2nnc(-c3ccncc3)n2CC)c1. The van der Waals surface area contributed by atoms with Crippen LogP contribution in [0, 0.1) is 0 Å². The van der Waals surface area contributed by atoms with Crippen LogP contribution in [-0.2, 0) is 17.8 Å². The van der Waals surface area contributed by atoms with Gasteiger partial charge in [-0.1, -0.05) is 30.8 Å². The molecule has 0 aliphatic carbocycles. The van der Waals surface area contributed by atoms with Crippen LogP contribution >= 0.6 is 11.8 Å². The minimum atomic E-state index is -0.0561. The zero-order valence-corrected chi connectivity index (χ0v) is 15.7. The molecule has 2 aromatic heterocycles. The minimum absolute atomic E-state index is 0.0561. The molecule has 0 aliphatic heterocycles. The van der Waals surface area contributed by atoms with E-state index in [1.165, 1.54) is 17.3 Å². The van der Waals surface area contributed by atoms with E-state index < -0.39 is 0 Å². The van der Waals surface area contributed by atoms with Crippen LogP contribution in [0.4, 0.5) is 5.69 Å². The average molecular weight is 367 g/mol. The number of nitrogens with zero attached hydrogens (tertiary/aromatic N) is 4. The number of anilines is 1. The lowest BCUT2D eigenvalue weighted by Gasteiger charge is -2.08. The van der Waals surface area contributed by atoms with Gasteiger partial charge in [0.05, 0.1) is 5.75 Å². The van der Waals surface area contributed by atoms with Crippen molar-refractivity contribution in [3.8, 4) is 11.4 Å². The molecule has 0 fully saturated rings. The minimum Gasteiger partial charge on any atom is -0.325 e. The van der Waals surface area contributed by atoms with E-state index in [4.69, 9.17) is 0 Å². The lowest BCUT2D eigenvalue weighted by atomic mass is 10.1. The van der Waals surface area contributed by atoms with E-state index in [0.29, 0.717) is 0 Å². The number of hydrogen-bond donors (Lipinski definition) is 1. The van der Waals surface area contributed by atoms with Gasteiger partial charge in [-0.05, 0) is 43.2 Å². The van der Waals surface area contributed by atoms with Crippen LogP contribution in [0.2, 0.25) is 0 Å². The molecule has 0 saturated carbocycles. The first-order valence-electron chi connectivity index (χ1n) is 8.56. The third-order valence-electron chi connectivity index (χ3n) is 3.92. The Bertz CT molecular complexity index is 879. The Morgan fingerprint density at radius 3 is 2.69 bits per heavy atom. The maximum Gasteiger partial charge on any atom is 0.234 e. The number of thioether (sulfide) groups is 1. The van der Waals surface area contributed by atoms with Crippen molar-refractivity contribution >= 4 is 23.4 Å². The van der Waals surface area contributed by atoms with Gasteiger partial charge in [-0.3, -0.25) is 9.78 Å². The lowest BCUT2D eigenvalue weighted by molar-refractivity contribution is -0.113. The second-order valence-corrected chi connectivity index (χ2v) is 6.62. The summed E-state index contributed by atoms with van der Waals surface area (Å²) in [5.41, 5.74) is 2.98. The Kier molecular flexibility index (Phi) is 6.01. The Morgan fingerprint density at radius 1 is 1.15 bits per heavy atom. The monoisotopic (exact) mass is 367 g/mol. The zero-order chi connectivity index (χ0) is 18.4. The van der Waals surface area contributed by atoms with Crippen molar-refractivity contribution in [3.05, 3.63) is 54.4 Å². The zero-order valence-electron chi connectivity index (χ0n) is 14.8. The van der Waals surface area contributed by atoms with Crippen LogP contribution < -0.4 is 5.32 Å². The third-order valence-corrected chi connectivity index (χ3v) is 4.89. The average Bonchev–Trinajstić information content (AvgIpc) is 3.10. The highest BCUT2D eigenvalue weighted by Crippen LogP contribution is 2.23. The quantitative estimate of drug-likeness (QED) is 0.645. The predicted molar refractivity (Wildman–Crippen MR) is 104 cm³/mol. The van der Waals surface area contributed by atoms with Crippen molar-refractivity contribution in [1.82, 2.24) is 19.7 Å². The highest BCUT2D eigenvalue weighted by Gasteiger charge is 2.14. The lowest BCUT2D eigenvalue weighted by Crippen LogP contribution is -2.14. The number of aryl methyl sites for hydroxylation is 1. The topological polar surface area (TPSA) is 72.7 Å². The summed E-state index contributed by atoms with van der Waals surface area (Å²) in [6, 6.07) is 11.7. The van der Waals surface area contributed by atoms with E-state index >= 15 is 0 Å². The van der Waals surface area contributed by atoms with E-state index in [1.807, 2.05) is 41.8 Å². The molecule has 3 aromatic rings. The Morgan fingerprint density at radius 2 is 1.96 bits per heavy atom. The molecule has 2 heterocycles. The molecule has 0 spiro atoms. The maximum absolute atomic E-state index is 12.3. The number of hydrogen-bond acceptors (Lipinski definition) is 5. The van der Waals surface area contributed by atoms with Crippen molar-refractivity contribution in [2.24, 2.45) is 0 Å². The summed E-state index contributed by atoms with van der Waals surface area (Å²) in [4.78, 5) is 16.3. The van der Waals surface area contributed by atoms with E-state index in [9.17, 15) is 4.79 Å². The summed E-state index contributed by atoms with van der Waals surface area (Å²) in [5.74, 6) is 1.01. The van der Waals surface area contributed by atoms with Crippen molar-refractivity contribution in [3.63, 3.8) is 0 Å². The molecule has 0 bridgehead atoms. The summed E-state index contributed by atoms with van der Waals surface area (Å²) in [6.45, 7) is 4.86. The number of carbonyl (C=O) groups is 1.